The Morgan fingerprint density at radius 3 is 2.83 bits per heavy atom. The Morgan fingerprint density at radius 2 is 2.22 bits per heavy atom. The molecular formula is C9H12N4O3S2. The Morgan fingerprint density at radius 1 is 1.44 bits per heavy atom. The van der Waals surface area contributed by atoms with Crippen molar-refractivity contribution in [2.24, 2.45) is 5.73 Å². The Kier molecular flexibility index (Phi) is 3.64. The predicted octanol–water partition coefficient (Wildman–Crippen LogP) is 0.742. The van der Waals surface area contributed by atoms with Crippen LogP contribution < -0.4 is 10.5 Å². The van der Waals surface area contributed by atoms with E-state index < -0.39 is 10.0 Å². The van der Waals surface area contributed by atoms with Crippen LogP contribution in [-0.4, -0.2) is 25.2 Å². The van der Waals surface area contributed by atoms with E-state index in [1.165, 1.54) is 17.4 Å². The maximum atomic E-state index is 12.0. The summed E-state index contributed by atoms with van der Waals surface area (Å²) in [6, 6.07) is 3.13. The van der Waals surface area contributed by atoms with Crippen molar-refractivity contribution < 1.29 is 12.8 Å². The molecule has 0 aliphatic heterocycles. The first-order valence-corrected chi connectivity index (χ1v) is 7.43. The van der Waals surface area contributed by atoms with E-state index in [2.05, 4.69) is 14.9 Å². The molecule has 3 N–H and O–H groups in total. The number of nitrogens with one attached hydrogen (secondary N) is 1. The topological polar surface area (TPSA) is 111 Å². The molecular weight excluding hydrogens is 276 g/mol. The maximum Gasteiger partial charge on any atom is 0.329 e. The number of aryl methyl sites for hydroxylation is 1. The van der Waals surface area contributed by atoms with Crippen LogP contribution in [0.15, 0.2) is 20.8 Å². The quantitative estimate of drug-likeness (QED) is 0.839. The zero-order valence-electron chi connectivity index (χ0n) is 9.58. The highest BCUT2D eigenvalue weighted by molar-refractivity contribution is 7.94. The standard InChI is InChI=1S/C9H12N4O3S2/c1-6-11-12-9(16-6)13-18(14,15)8-3-2-7(17-8)4-5-10/h2-3H,4-5,10H2,1H3,(H,12,13). The van der Waals surface area contributed by atoms with Crippen LogP contribution in [-0.2, 0) is 16.4 Å². The largest absolute Gasteiger partial charge is 0.408 e. The Balaban J connectivity index is 2.19. The predicted molar refractivity (Wildman–Crippen MR) is 66.9 cm³/mol. The van der Waals surface area contributed by atoms with Crippen molar-refractivity contribution in [1.82, 2.24) is 10.2 Å². The summed E-state index contributed by atoms with van der Waals surface area (Å²) in [6.45, 7) is 2.06. The van der Waals surface area contributed by atoms with E-state index >= 15 is 0 Å². The lowest BCUT2D eigenvalue weighted by Crippen LogP contribution is -2.11. The van der Waals surface area contributed by atoms with Gasteiger partial charge in [-0.15, -0.1) is 16.4 Å². The molecule has 2 aromatic rings. The van der Waals surface area contributed by atoms with E-state index in [0.29, 0.717) is 18.9 Å². The molecule has 0 saturated carbocycles. The molecule has 0 atom stereocenters. The van der Waals surface area contributed by atoms with Crippen LogP contribution in [0.2, 0.25) is 0 Å². The molecule has 2 aromatic heterocycles. The van der Waals surface area contributed by atoms with Crippen molar-refractivity contribution in [3.63, 3.8) is 0 Å². The Labute approximate surface area is 108 Å². The summed E-state index contributed by atoms with van der Waals surface area (Å²) >= 11 is 1.17. The fourth-order valence-electron chi connectivity index (χ4n) is 1.28. The minimum absolute atomic E-state index is 0.138. The second-order valence-corrected chi connectivity index (χ2v) is 6.57. The summed E-state index contributed by atoms with van der Waals surface area (Å²) in [6.07, 6.45) is 0.653. The van der Waals surface area contributed by atoms with Gasteiger partial charge in [0.2, 0.25) is 5.89 Å². The summed E-state index contributed by atoms with van der Waals surface area (Å²) in [7, 11) is -3.67. The van der Waals surface area contributed by atoms with Gasteiger partial charge in [-0.2, -0.15) is 0 Å². The SMILES string of the molecule is Cc1nnc(NS(=O)(=O)c2ccc(CCN)s2)o1. The average Bonchev–Trinajstić information content (AvgIpc) is 2.88. The second kappa shape index (κ2) is 5.04. The molecule has 0 amide bonds. The molecule has 0 saturated heterocycles. The number of hydrogen-bond donors (Lipinski definition) is 2. The number of sulfonamides is 1. The van der Waals surface area contributed by atoms with Gasteiger partial charge in [0.25, 0.3) is 10.0 Å². The number of aromatic nitrogens is 2. The van der Waals surface area contributed by atoms with Gasteiger partial charge in [-0.05, 0) is 25.1 Å². The molecule has 18 heavy (non-hydrogen) atoms. The smallest absolute Gasteiger partial charge is 0.329 e. The highest BCUT2D eigenvalue weighted by Crippen LogP contribution is 2.23. The first-order chi connectivity index (χ1) is 8.51. The zero-order valence-corrected chi connectivity index (χ0v) is 11.2. The molecule has 0 radical (unpaired) electrons. The molecule has 0 unspecified atom stereocenters. The third kappa shape index (κ3) is 2.86. The fraction of sp³-hybridized carbons (Fsp3) is 0.333. The van der Waals surface area contributed by atoms with E-state index in [4.69, 9.17) is 10.2 Å². The normalized spacial score (nSPS) is 11.7. The summed E-state index contributed by atoms with van der Waals surface area (Å²) in [4.78, 5) is 0.916. The van der Waals surface area contributed by atoms with Crippen molar-refractivity contribution in [1.29, 1.82) is 0 Å². The van der Waals surface area contributed by atoms with Gasteiger partial charge in [-0.3, -0.25) is 0 Å². The van der Waals surface area contributed by atoms with E-state index in [1.54, 1.807) is 13.0 Å². The van der Waals surface area contributed by atoms with Gasteiger partial charge >= 0.3 is 6.01 Å². The van der Waals surface area contributed by atoms with Crippen molar-refractivity contribution in [2.45, 2.75) is 17.6 Å². The van der Waals surface area contributed by atoms with Crippen LogP contribution in [0.25, 0.3) is 0 Å². The lowest BCUT2D eigenvalue weighted by atomic mass is 10.3. The minimum Gasteiger partial charge on any atom is -0.408 e. The van der Waals surface area contributed by atoms with Crippen molar-refractivity contribution in [3.05, 3.63) is 22.9 Å². The monoisotopic (exact) mass is 288 g/mol. The Bertz CT molecular complexity index is 632. The van der Waals surface area contributed by atoms with Crippen molar-refractivity contribution in [2.75, 3.05) is 11.3 Å². The molecule has 9 heteroatoms. The minimum atomic E-state index is -3.67. The number of nitrogens with zero attached hydrogens (tertiary/aromatic N) is 2. The van der Waals surface area contributed by atoms with Crippen LogP contribution in [0.1, 0.15) is 10.8 Å². The number of thiophene rings is 1. The lowest BCUT2D eigenvalue weighted by Gasteiger charge is -2.00. The van der Waals surface area contributed by atoms with Crippen molar-refractivity contribution >= 4 is 27.4 Å². The summed E-state index contributed by atoms with van der Waals surface area (Å²) in [5.41, 5.74) is 5.41. The number of hydrogen-bond acceptors (Lipinski definition) is 7. The van der Waals surface area contributed by atoms with Crippen LogP contribution >= 0.6 is 11.3 Å². The summed E-state index contributed by atoms with van der Waals surface area (Å²) < 4.78 is 31.3. The van der Waals surface area contributed by atoms with Crippen molar-refractivity contribution in [3.8, 4) is 0 Å². The lowest BCUT2D eigenvalue weighted by molar-refractivity contribution is 0.534. The van der Waals surface area contributed by atoms with Crippen LogP contribution in [0.5, 0.6) is 0 Å². The molecule has 7 nitrogen and oxygen atoms in total. The maximum absolute atomic E-state index is 12.0. The third-order valence-electron chi connectivity index (χ3n) is 2.04. The van der Waals surface area contributed by atoms with Gasteiger partial charge in [0.15, 0.2) is 0 Å². The molecule has 0 aliphatic carbocycles. The van der Waals surface area contributed by atoms with Gasteiger partial charge in [0.05, 0.1) is 0 Å². The van der Waals surface area contributed by atoms with Gasteiger partial charge in [-0.25, -0.2) is 13.1 Å². The average molecular weight is 288 g/mol. The van der Waals surface area contributed by atoms with Crippen LogP contribution in [0.4, 0.5) is 6.01 Å². The van der Waals surface area contributed by atoms with Crippen LogP contribution in [0.3, 0.4) is 0 Å². The first-order valence-electron chi connectivity index (χ1n) is 5.13. The third-order valence-corrected chi connectivity index (χ3v) is 5.00. The van der Waals surface area contributed by atoms with Gasteiger partial charge in [-0.1, -0.05) is 5.10 Å². The van der Waals surface area contributed by atoms with Gasteiger partial charge < -0.3 is 10.2 Å². The Hall–Kier alpha value is -1.45. The number of anilines is 1. The molecule has 2 heterocycles. The highest BCUT2D eigenvalue weighted by Gasteiger charge is 2.19. The van der Waals surface area contributed by atoms with E-state index in [9.17, 15) is 8.42 Å². The molecule has 0 aliphatic rings. The van der Waals surface area contributed by atoms with Gasteiger partial charge in [0.1, 0.15) is 4.21 Å². The highest BCUT2D eigenvalue weighted by atomic mass is 32.2. The molecule has 0 aromatic carbocycles. The first kappa shape index (κ1) is 13.0. The molecule has 0 spiro atoms. The van der Waals surface area contributed by atoms with Crippen LogP contribution in [0, 0.1) is 6.92 Å². The van der Waals surface area contributed by atoms with Gasteiger partial charge in [0, 0.05) is 11.8 Å². The molecule has 98 valence electrons. The summed E-state index contributed by atoms with van der Waals surface area (Å²) in [5, 5.41) is 7.12. The fourth-order valence-corrected chi connectivity index (χ4v) is 3.58. The second-order valence-electron chi connectivity index (χ2n) is 3.49. The number of rotatable bonds is 5. The zero-order chi connectivity index (χ0) is 13.2. The molecule has 0 fully saturated rings. The number of nitrogens with two attached hydrogens (primary N) is 1. The summed E-state index contributed by atoms with van der Waals surface area (Å²) in [5.74, 6) is 0.294. The molecule has 2 rings (SSSR count). The van der Waals surface area contributed by atoms with E-state index in [1.807, 2.05) is 0 Å². The van der Waals surface area contributed by atoms with E-state index in [-0.39, 0.29) is 10.2 Å². The molecule has 0 bridgehead atoms. The van der Waals surface area contributed by atoms with E-state index in [0.717, 1.165) is 4.88 Å².